The Balaban J connectivity index is 2.54. The van der Waals surface area contributed by atoms with E-state index in [4.69, 9.17) is 0 Å². The van der Waals surface area contributed by atoms with Gasteiger partial charge in [0, 0.05) is 6.29 Å². The van der Waals surface area contributed by atoms with Crippen LogP contribution in [-0.2, 0) is 0 Å². The quantitative estimate of drug-likeness (QED) is 0.674. The average Bonchev–Trinajstić information content (AvgIpc) is 2.26. The van der Waals surface area contributed by atoms with Crippen LogP contribution in [0.4, 0.5) is 0 Å². The van der Waals surface area contributed by atoms with Gasteiger partial charge in [0.2, 0.25) is 0 Å². The Hall–Kier alpha value is -0.390. The highest BCUT2D eigenvalue weighted by atomic mass is 31.1. The van der Waals surface area contributed by atoms with Crippen LogP contribution in [0.2, 0.25) is 0 Å². The van der Waals surface area contributed by atoms with Crippen LogP contribution < -0.4 is 5.30 Å². The topological polar surface area (TPSA) is 3.24 Å². The molecule has 1 nitrogen and oxygen atoms in total. The van der Waals surface area contributed by atoms with Gasteiger partial charge in [-0.1, -0.05) is 52.1 Å². The van der Waals surface area contributed by atoms with E-state index in [-0.39, 0.29) is 7.92 Å². The molecule has 1 atom stereocenters. The van der Waals surface area contributed by atoms with E-state index in [9.17, 15) is 0 Å². The highest BCUT2D eigenvalue weighted by Gasteiger charge is 2.07. The molecule has 1 rings (SSSR count). The summed E-state index contributed by atoms with van der Waals surface area (Å²) in [6.07, 6.45) is 1.23. The fourth-order valence-corrected chi connectivity index (χ4v) is 3.33. The summed E-state index contributed by atoms with van der Waals surface area (Å²) in [5.74, 6) is 0. The second kappa shape index (κ2) is 6.16. The van der Waals surface area contributed by atoms with E-state index in [2.05, 4.69) is 55.7 Å². The summed E-state index contributed by atoms with van der Waals surface area (Å²) >= 11 is 0. The third-order valence-electron chi connectivity index (χ3n) is 2.50. The largest absolute Gasteiger partial charge is 0.299 e. The van der Waals surface area contributed by atoms with Gasteiger partial charge < -0.3 is 0 Å². The number of hydrogen-bond donors (Lipinski definition) is 0. The smallest absolute Gasteiger partial charge is 0.0222 e. The van der Waals surface area contributed by atoms with Crippen LogP contribution >= 0.6 is 7.92 Å². The fraction of sp³-hybridized carbons (Fsp3) is 0.500. The second-order valence-corrected chi connectivity index (χ2v) is 5.67. The predicted molar refractivity (Wildman–Crippen MR) is 66.7 cm³/mol. The van der Waals surface area contributed by atoms with Gasteiger partial charge in [-0.2, -0.15) is 0 Å². The van der Waals surface area contributed by atoms with Crippen LogP contribution in [-0.4, -0.2) is 30.9 Å². The van der Waals surface area contributed by atoms with E-state index < -0.39 is 0 Å². The summed E-state index contributed by atoms with van der Waals surface area (Å²) in [7, 11) is -0.000772. The molecule has 0 aliphatic rings. The zero-order chi connectivity index (χ0) is 10.4. The molecule has 0 bridgehead atoms. The number of rotatable bonds is 5. The first kappa shape index (κ1) is 11.7. The van der Waals surface area contributed by atoms with Crippen LogP contribution in [0.3, 0.4) is 0 Å². The molecule has 0 heterocycles. The molecule has 0 spiro atoms. The SMILES string of the molecule is CCN(CC)CP(C)c1ccccc1. The lowest BCUT2D eigenvalue weighted by atomic mass is 10.4. The molecule has 1 aromatic carbocycles. The van der Waals surface area contributed by atoms with E-state index in [1.807, 2.05) is 0 Å². The van der Waals surface area contributed by atoms with E-state index in [1.165, 1.54) is 11.6 Å². The first-order chi connectivity index (χ1) is 6.77. The Morgan fingerprint density at radius 3 is 2.14 bits per heavy atom. The molecule has 78 valence electrons. The molecule has 0 N–H and O–H groups in total. The van der Waals surface area contributed by atoms with Crippen molar-refractivity contribution >= 4 is 13.2 Å². The Kier molecular flexibility index (Phi) is 5.14. The molecule has 1 unspecified atom stereocenters. The van der Waals surface area contributed by atoms with Crippen LogP contribution in [0, 0.1) is 0 Å². The molecule has 0 aliphatic heterocycles. The minimum atomic E-state index is -0.000772. The fourth-order valence-electron chi connectivity index (χ4n) is 1.49. The maximum atomic E-state index is 2.50. The lowest BCUT2D eigenvalue weighted by Gasteiger charge is -2.23. The van der Waals surface area contributed by atoms with Crippen LogP contribution in [0.5, 0.6) is 0 Å². The number of benzene rings is 1. The highest BCUT2D eigenvalue weighted by molar-refractivity contribution is 7.64. The van der Waals surface area contributed by atoms with E-state index in [0.29, 0.717) is 0 Å². The summed E-state index contributed by atoms with van der Waals surface area (Å²) < 4.78 is 0. The molecular weight excluding hydrogens is 189 g/mol. The molecule has 0 amide bonds. The molecule has 0 aliphatic carbocycles. The van der Waals surface area contributed by atoms with Crippen molar-refractivity contribution in [2.24, 2.45) is 0 Å². The maximum absolute atomic E-state index is 2.50. The first-order valence-corrected chi connectivity index (χ1v) is 7.23. The van der Waals surface area contributed by atoms with Crippen LogP contribution in [0.1, 0.15) is 13.8 Å². The Morgan fingerprint density at radius 1 is 1.07 bits per heavy atom. The van der Waals surface area contributed by atoms with Crippen LogP contribution in [0.15, 0.2) is 30.3 Å². The molecule has 14 heavy (non-hydrogen) atoms. The standard InChI is InChI=1S/C12H20NP/c1-4-13(5-2)11-14(3)12-9-7-6-8-10-12/h6-10H,4-5,11H2,1-3H3. The summed E-state index contributed by atoms with van der Waals surface area (Å²) in [6, 6.07) is 10.8. The summed E-state index contributed by atoms with van der Waals surface area (Å²) in [5.41, 5.74) is 0. The van der Waals surface area contributed by atoms with Gasteiger partial charge in [0.05, 0.1) is 0 Å². The highest BCUT2D eigenvalue weighted by Crippen LogP contribution is 2.29. The van der Waals surface area contributed by atoms with Crippen molar-refractivity contribution < 1.29 is 0 Å². The predicted octanol–water partition coefficient (Wildman–Crippen LogP) is 2.72. The third-order valence-corrected chi connectivity index (χ3v) is 4.51. The van der Waals surface area contributed by atoms with Crippen molar-refractivity contribution in [3.8, 4) is 0 Å². The summed E-state index contributed by atoms with van der Waals surface area (Å²) in [5, 5.41) is 1.51. The van der Waals surface area contributed by atoms with Gasteiger partial charge in [-0.05, 0) is 25.1 Å². The second-order valence-electron chi connectivity index (χ2n) is 3.48. The van der Waals surface area contributed by atoms with Crippen molar-refractivity contribution in [2.45, 2.75) is 13.8 Å². The van der Waals surface area contributed by atoms with Crippen molar-refractivity contribution in [1.29, 1.82) is 0 Å². The van der Waals surface area contributed by atoms with E-state index in [0.717, 1.165) is 13.1 Å². The Bertz CT molecular complexity index is 244. The Labute approximate surface area is 88.9 Å². The van der Waals surface area contributed by atoms with Crippen molar-refractivity contribution in [3.05, 3.63) is 30.3 Å². The van der Waals surface area contributed by atoms with E-state index in [1.54, 1.807) is 0 Å². The zero-order valence-corrected chi connectivity index (χ0v) is 10.3. The van der Waals surface area contributed by atoms with Crippen molar-refractivity contribution in [2.75, 3.05) is 26.0 Å². The Morgan fingerprint density at radius 2 is 1.64 bits per heavy atom. The van der Waals surface area contributed by atoms with Gasteiger partial charge in [-0.3, -0.25) is 4.90 Å². The van der Waals surface area contributed by atoms with Crippen molar-refractivity contribution in [1.82, 2.24) is 4.90 Å². The van der Waals surface area contributed by atoms with Crippen LogP contribution in [0.25, 0.3) is 0 Å². The van der Waals surface area contributed by atoms with Gasteiger partial charge >= 0.3 is 0 Å². The molecule has 2 heteroatoms. The zero-order valence-electron chi connectivity index (χ0n) is 9.40. The molecule has 0 fully saturated rings. The first-order valence-electron chi connectivity index (χ1n) is 5.26. The molecule has 0 radical (unpaired) electrons. The number of nitrogens with zero attached hydrogens (tertiary/aromatic N) is 1. The maximum Gasteiger partial charge on any atom is 0.0222 e. The minimum Gasteiger partial charge on any atom is -0.299 e. The van der Waals surface area contributed by atoms with Gasteiger partial charge in [-0.25, -0.2) is 0 Å². The van der Waals surface area contributed by atoms with Gasteiger partial charge in [0.15, 0.2) is 0 Å². The molecule has 0 saturated heterocycles. The van der Waals surface area contributed by atoms with Crippen molar-refractivity contribution in [3.63, 3.8) is 0 Å². The molecule has 1 aromatic rings. The average molecular weight is 209 g/mol. The number of hydrogen-bond acceptors (Lipinski definition) is 1. The lowest BCUT2D eigenvalue weighted by molar-refractivity contribution is 0.356. The van der Waals surface area contributed by atoms with Gasteiger partial charge in [-0.15, -0.1) is 0 Å². The van der Waals surface area contributed by atoms with Gasteiger partial charge in [0.25, 0.3) is 0 Å². The molecular formula is C12H20NP. The summed E-state index contributed by atoms with van der Waals surface area (Å²) in [4.78, 5) is 2.50. The molecule has 0 aromatic heterocycles. The normalized spacial score (nSPS) is 13.1. The molecule has 0 saturated carbocycles. The lowest BCUT2D eigenvalue weighted by Crippen LogP contribution is -2.24. The third kappa shape index (κ3) is 3.40. The summed E-state index contributed by atoms with van der Waals surface area (Å²) in [6.45, 7) is 9.16. The van der Waals surface area contributed by atoms with E-state index >= 15 is 0 Å². The van der Waals surface area contributed by atoms with Gasteiger partial charge in [0.1, 0.15) is 0 Å². The minimum absolute atomic E-state index is 0.000772. The monoisotopic (exact) mass is 209 g/mol.